The van der Waals surface area contributed by atoms with E-state index in [4.69, 9.17) is 4.42 Å². The maximum Gasteiger partial charge on any atom is 0.291 e. The normalized spacial score (nSPS) is 10.8. The molecule has 0 unspecified atom stereocenters. The van der Waals surface area contributed by atoms with Crippen molar-refractivity contribution in [1.82, 2.24) is 0 Å². The zero-order valence-corrected chi connectivity index (χ0v) is 15.6. The van der Waals surface area contributed by atoms with Gasteiger partial charge < -0.3 is 15.1 Å². The van der Waals surface area contributed by atoms with Crippen LogP contribution < -0.4 is 10.6 Å². The largest absolute Gasteiger partial charge is 0.459 e. The second-order valence-corrected chi connectivity index (χ2v) is 7.18. The number of fused-ring (bicyclic) bond motifs is 1. The highest BCUT2D eigenvalue weighted by Gasteiger charge is 2.18. The highest BCUT2D eigenvalue weighted by Crippen LogP contribution is 2.33. The molecule has 2 N–H and O–H groups in total. The van der Waals surface area contributed by atoms with E-state index in [2.05, 4.69) is 10.6 Å². The second-order valence-electron chi connectivity index (χ2n) is 6.13. The maximum absolute atomic E-state index is 14.0. The van der Waals surface area contributed by atoms with Crippen molar-refractivity contribution >= 4 is 44.6 Å². The Labute approximate surface area is 163 Å². The Kier molecular flexibility index (Phi) is 4.67. The monoisotopic (exact) mass is 394 g/mol. The number of hydrogen-bond acceptors (Lipinski definition) is 4. The summed E-state index contributed by atoms with van der Waals surface area (Å²) in [6.45, 7) is 1.74. The molecule has 2 aromatic carbocycles. The average Bonchev–Trinajstić information content (AvgIpc) is 3.32. The number of hydrogen-bond donors (Lipinski definition) is 2. The van der Waals surface area contributed by atoms with Crippen molar-refractivity contribution in [3.63, 3.8) is 0 Å². The number of carbonyl (C=O) groups is 2. The molecule has 2 heterocycles. The molecule has 0 aliphatic rings. The van der Waals surface area contributed by atoms with Gasteiger partial charge in [-0.05, 0) is 61.0 Å². The van der Waals surface area contributed by atoms with Crippen molar-refractivity contribution < 1.29 is 18.4 Å². The van der Waals surface area contributed by atoms with Gasteiger partial charge in [0.15, 0.2) is 5.76 Å². The molecule has 4 rings (SSSR count). The number of thiophene rings is 1. The SMILES string of the molecule is Cc1c(C(=O)Nc2ccc(NC(=O)c3ccco3)cc2)sc2cccc(F)c12. The van der Waals surface area contributed by atoms with E-state index in [-0.39, 0.29) is 23.4 Å². The van der Waals surface area contributed by atoms with Gasteiger partial charge in [-0.15, -0.1) is 11.3 Å². The molecule has 140 valence electrons. The fourth-order valence-electron chi connectivity index (χ4n) is 2.90. The van der Waals surface area contributed by atoms with Crippen molar-refractivity contribution in [2.45, 2.75) is 6.92 Å². The van der Waals surface area contributed by atoms with E-state index in [1.807, 2.05) is 0 Å². The molecule has 0 spiro atoms. The van der Waals surface area contributed by atoms with Crippen molar-refractivity contribution in [2.24, 2.45) is 0 Å². The molecule has 0 fully saturated rings. The highest BCUT2D eigenvalue weighted by atomic mass is 32.1. The van der Waals surface area contributed by atoms with Crippen LogP contribution in [0.3, 0.4) is 0 Å². The summed E-state index contributed by atoms with van der Waals surface area (Å²) >= 11 is 1.26. The van der Waals surface area contributed by atoms with E-state index in [1.165, 1.54) is 23.7 Å². The summed E-state index contributed by atoms with van der Waals surface area (Å²) in [5.74, 6) is -0.776. The van der Waals surface area contributed by atoms with Crippen LogP contribution in [0, 0.1) is 12.7 Å². The number of carbonyl (C=O) groups excluding carboxylic acids is 2. The van der Waals surface area contributed by atoms with Crippen LogP contribution in [0.1, 0.15) is 25.8 Å². The van der Waals surface area contributed by atoms with Gasteiger partial charge in [0.25, 0.3) is 11.8 Å². The third-order valence-electron chi connectivity index (χ3n) is 4.25. The Morgan fingerprint density at radius 3 is 2.21 bits per heavy atom. The Morgan fingerprint density at radius 2 is 1.61 bits per heavy atom. The van der Waals surface area contributed by atoms with E-state index in [1.54, 1.807) is 55.5 Å². The molecular weight excluding hydrogens is 379 g/mol. The Bertz CT molecular complexity index is 1160. The topological polar surface area (TPSA) is 71.3 Å². The minimum absolute atomic E-state index is 0.213. The number of nitrogens with one attached hydrogen (secondary N) is 2. The predicted molar refractivity (Wildman–Crippen MR) is 108 cm³/mol. The van der Waals surface area contributed by atoms with Gasteiger partial charge in [-0.3, -0.25) is 9.59 Å². The summed E-state index contributed by atoms with van der Waals surface area (Å²) in [4.78, 5) is 25.1. The van der Waals surface area contributed by atoms with Gasteiger partial charge in [0.05, 0.1) is 11.1 Å². The fraction of sp³-hybridized carbons (Fsp3) is 0.0476. The number of rotatable bonds is 4. The van der Waals surface area contributed by atoms with Crippen LogP contribution in [-0.4, -0.2) is 11.8 Å². The van der Waals surface area contributed by atoms with Gasteiger partial charge in [0.1, 0.15) is 5.82 Å². The fourth-order valence-corrected chi connectivity index (χ4v) is 4.01. The molecule has 7 heteroatoms. The summed E-state index contributed by atoms with van der Waals surface area (Å²) < 4.78 is 19.8. The number of halogens is 1. The zero-order chi connectivity index (χ0) is 19.7. The zero-order valence-electron chi connectivity index (χ0n) is 14.8. The van der Waals surface area contributed by atoms with Gasteiger partial charge in [-0.2, -0.15) is 0 Å². The van der Waals surface area contributed by atoms with Gasteiger partial charge in [0.2, 0.25) is 0 Å². The second kappa shape index (κ2) is 7.28. The van der Waals surface area contributed by atoms with Crippen molar-refractivity contribution in [3.05, 3.63) is 82.9 Å². The van der Waals surface area contributed by atoms with Gasteiger partial charge in [-0.1, -0.05) is 6.07 Å². The van der Waals surface area contributed by atoms with Crippen LogP contribution in [-0.2, 0) is 0 Å². The van der Waals surface area contributed by atoms with Crippen molar-refractivity contribution in [1.29, 1.82) is 0 Å². The lowest BCUT2D eigenvalue weighted by Crippen LogP contribution is -2.12. The smallest absolute Gasteiger partial charge is 0.291 e. The molecule has 0 bridgehead atoms. The maximum atomic E-state index is 14.0. The molecule has 0 aliphatic carbocycles. The van der Waals surface area contributed by atoms with Crippen LogP contribution in [0.25, 0.3) is 10.1 Å². The first-order valence-corrected chi connectivity index (χ1v) is 9.28. The molecular formula is C21H15FN2O3S. The van der Waals surface area contributed by atoms with E-state index in [9.17, 15) is 14.0 Å². The molecule has 2 aromatic heterocycles. The van der Waals surface area contributed by atoms with Crippen molar-refractivity contribution in [3.8, 4) is 0 Å². The first-order valence-electron chi connectivity index (χ1n) is 8.47. The summed E-state index contributed by atoms with van der Waals surface area (Å²) in [5.41, 5.74) is 1.76. The van der Waals surface area contributed by atoms with Crippen LogP contribution >= 0.6 is 11.3 Å². The predicted octanol–water partition coefficient (Wildman–Crippen LogP) is 5.45. The molecule has 0 aliphatic heterocycles. The van der Waals surface area contributed by atoms with Crippen LogP contribution in [0.15, 0.2) is 65.3 Å². The van der Waals surface area contributed by atoms with Gasteiger partial charge in [0, 0.05) is 21.5 Å². The summed E-state index contributed by atoms with van der Waals surface area (Å²) in [6, 6.07) is 14.7. The Balaban J connectivity index is 1.49. The average molecular weight is 394 g/mol. The summed E-state index contributed by atoms with van der Waals surface area (Å²) in [7, 11) is 0. The van der Waals surface area contributed by atoms with E-state index in [0.717, 1.165) is 4.70 Å². The third-order valence-corrected chi connectivity index (χ3v) is 5.51. The number of furan rings is 1. The van der Waals surface area contributed by atoms with Gasteiger partial charge in [-0.25, -0.2) is 4.39 Å². The first kappa shape index (κ1) is 17.9. The molecule has 0 saturated heterocycles. The van der Waals surface area contributed by atoms with Crippen LogP contribution in [0.4, 0.5) is 15.8 Å². The van der Waals surface area contributed by atoms with Crippen LogP contribution in [0.2, 0.25) is 0 Å². The summed E-state index contributed by atoms with van der Waals surface area (Å²) in [6.07, 6.45) is 1.43. The highest BCUT2D eigenvalue weighted by molar-refractivity contribution is 7.21. The first-order chi connectivity index (χ1) is 13.5. The number of benzene rings is 2. The molecule has 0 radical (unpaired) electrons. The molecule has 2 amide bonds. The Hall–Kier alpha value is -3.45. The number of anilines is 2. The quantitative estimate of drug-likeness (QED) is 0.484. The lowest BCUT2D eigenvalue weighted by molar-refractivity contribution is 0.0994. The lowest BCUT2D eigenvalue weighted by atomic mass is 10.1. The molecule has 5 nitrogen and oxygen atoms in total. The summed E-state index contributed by atoms with van der Waals surface area (Å²) in [5, 5.41) is 5.99. The lowest BCUT2D eigenvalue weighted by Gasteiger charge is -2.07. The van der Waals surface area contributed by atoms with Gasteiger partial charge >= 0.3 is 0 Å². The van der Waals surface area contributed by atoms with E-state index >= 15 is 0 Å². The number of aryl methyl sites for hydroxylation is 1. The minimum Gasteiger partial charge on any atom is -0.459 e. The Morgan fingerprint density at radius 1 is 0.929 bits per heavy atom. The van der Waals surface area contributed by atoms with E-state index in [0.29, 0.717) is 27.2 Å². The molecule has 0 saturated carbocycles. The third kappa shape index (κ3) is 3.39. The molecule has 28 heavy (non-hydrogen) atoms. The van der Waals surface area contributed by atoms with Crippen molar-refractivity contribution in [2.75, 3.05) is 10.6 Å². The standard InChI is InChI=1S/C21H15FN2O3S/c1-12-18-15(22)4-2-6-17(18)28-19(12)21(26)24-14-9-7-13(8-10-14)23-20(25)16-5-3-11-27-16/h2-11H,1H3,(H,23,25)(H,24,26). The van der Waals surface area contributed by atoms with Crippen LogP contribution in [0.5, 0.6) is 0 Å². The van der Waals surface area contributed by atoms with E-state index < -0.39 is 0 Å². The minimum atomic E-state index is -0.357. The molecule has 0 atom stereocenters. The number of amides is 2. The molecule has 4 aromatic rings.